The lowest BCUT2D eigenvalue weighted by Crippen LogP contribution is -2.47. The number of benzene rings is 2. The lowest BCUT2D eigenvalue weighted by Gasteiger charge is -2.17. The number of thioether (sulfide) groups is 1. The smallest absolute Gasteiger partial charge is 0.262 e. The fraction of sp³-hybridized carbons (Fsp3) is 0.167. The third kappa shape index (κ3) is 4.58. The molecular weight excluding hydrogens is 354 g/mol. The number of hydrazine groups is 1. The van der Waals surface area contributed by atoms with Gasteiger partial charge in [0, 0.05) is 12.2 Å². The first-order valence-electron chi connectivity index (χ1n) is 7.80. The fourth-order valence-electron chi connectivity index (χ4n) is 2.40. The van der Waals surface area contributed by atoms with Gasteiger partial charge in [0.05, 0.1) is 6.42 Å². The average molecular weight is 371 g/mol. The first-order valence-corrected chi connectivity index (χ1v) is 9.09. The highest BCUT2D eigenvalue weighted by atomic mass is 32.2. The molecule has 3 rings (SSSR count). The molecule has 0 aromatic heterocycles. The van der Waals surface area contributed by atoms with Crippen LogP contribution in [0, 0.1) is 0 Å². The van der Waals surface area contributed by atoms with Crippen LogP contribution in [0.15, 0.2) is 60.7 Å². The minimum atomic E-state index is -0.357. The fourth-order valence-corrected chi connectivity index (χ4v) is 3.74. The van der Waals surface area contributed by atoms with Crippen molar-refractivity contribution in [2.24, 2.45) is 0 Å². The van der Waals surface area contributed by atoms with Gasteiger partial charge < -0.3 is 5.32 Å². The summed E-state index contributed by atoms with van der Waals surface area (Å²) >= 11 is 6.51. The number of nitrogens with one attached hydrogen (secondary N) is 2. The molecule has 7 heteroatoms. The Kier molecular flexibility index (Phi) is 5.67. The van der Waals surface area contributed by atoms with E-state index in [0.717, 1.165) is 11.3 Å². The molecule has 1 fully saturated rings. The Hall–Kier alpha value is -2.38. The molecule has 0 spiro atoms. The van der Waals surface area contributed by atoms with E-state index in [2.05, 4.69) is 10.7 Å². The van der Waals surface area contributed by atoms with Crippen LogP contribution in [0.4, 0.5) is 5.69 Å². The van der Waals surface area contributed by atoms with Crippen molar-refractivity contribution in [1.82, 2.24) is 10.4 Å². The lowest BCUT2D eigenvalue weighted by atomic mass is 10.1. The van der Waals surface area contributed by atoms with E-state index < -0.39 is 0 Å². The van der Waals surface area contributed by atoms with E-state index >= 15 is 0 Å². The van der Waals surface area contributed by atoms with Crippen molar-refractivity contribution in [3.05, 3.63) is 66.2 Å². The SMILES string of the molecule is O=C(Cc1ccccc1)NN1C(=O)C(CNc2ccccc2)SC1=S. The molecular formula is C18H17N3O2S2. The normalized spacial score (nSPS) is 16.8. The summed E-state index contributed by atoms with van der Waals surface area (Å²) in [7, 11) is 0. The Labute approximate surface area is 155 Å². The standard InChI is InChI=1S/C18H17N3O2S2/c22-16(11-13-7-3-1-4-8-13)20-21-17(23)15(25-18(21)24)12-19-14-9-5-2-6-10-14/h1-10,15,19H,11-12H2,(H,20,22). The maximum absolute atomic E-state index is 12.5. The molecule has 1 unspecified atom stereocenters. The van der Waals surface area contributed by atoms with Gasteiger partial charge in [-0.1, -0.05) is 72.5 Å². The van der Waals surface area contributed by atoms with Gasteiger partial charge in [0.15, 0.2) is 4.32 Å². The predicted octanol–water partition coefficient (Wildman–Crippen LogP) is 2.60. The number of carbonyl (C=O) groups is 2. The minimum absolute atomic E-state index is 0.199. The van der Waals surface area contributed by atoms with E-state index in [1.54, 1.807) is 0 Å². The molecule has 128 valence electrons. The summed E-state index contributed by atoms with van der Waals surface area (Å²) in [6.45, 7) is 0.443. The zero-order valence-electron chi connectivity index (χ0n) is 13.3. The van der Waals surface area contributed by atoms with Crippen molar-refractivity contribution in [2.45, 2.75) is 11.7 Å². The molecule has 1 saturated heterocycles. The first-order chi connectivity index (χ1) is 12.1. The number of carbonyl (C=O) groups excluding carboxylic acids is 2. The molecule has 1 atom stereocenters. The number of hydrogen-bond acceptors (Lipinski definition) is 5. The molecule has 2 N–H and O–H groups in total. The van der Waals surface area contributed by atoms with Crippen LogP contribution < -0.4 is 10.7 Å². The van der Waals surface area contributed by atoms with E-state index in [9.17, 15) is 9.59 Å². The lowest BCUT2D eigenvalue weighted by molar-refractivity contribution is -0.135. The second kappa shape index (κ2) is 8.13. The molecule has 1 aliphatic rings. The van der Waals surface area contributed by atoms with E-state index in [1.807, 2.05) is 60.7 Å². The second-order valence-electron chi connectivity index (χ2n) is 5.49. The molecule has 2 aromatic rings. The zero-order valence-corrected chi connectivity index (χ0v) is 15.0. The van der Waals surface area contributed by atoms with E-state index in [4.69, 9.17) is 12.2 Å². The summed E-state index contributed by atoms with van der Waals surface area (Å²) in [6, 6.07) is 19.0. The first kappa shape index (κ1) is 17.4. The van der Waals surface area contributed by atoms with E-state index in [1.165, 1.54) is 16.8 Å². The van der Waals surface area contributed by atoms with Crippen LogP contribution >= 0.6 is 24.0 Å². The van der Waals surface area contributed by atoms with Gasteiger partial charge in [-0.05, 0) is 17.7 Å². The molecule has 2 amide bonds. The molecule has 0 radical (unpaired) electrons. The third-order valence-electron chi connectivity index (χ3n) is 3.63. The number of para-hydroxylation sites is 1. The van der Waals surface area contributed by atoms with Crippen LogP contribution in [0.5, 0.6) is 0 Å². The Morgan fingerprint density at radius 2 is 1.72 bits per heavy atom. The van der Waals surface area contributed by atoms with Crippen molar-refractivity contribution in [2.75, 3.05) is 11.9 Å². The number of rotatable bonds is 6. The second-order valence-corrected chi connectivity index (χ2v) is 7.33. The van der Waals surface area contributed by atoms with Crippen molar-refractivity contribution in [3.63, 3.8) is 0 Å². The monoisotopic (exact) mass is 371 g/mol. The Bertz CT molecular complexity index is 768. The van der Waals surface area contributed by atoms with Gasteiger partial charge in [-0.25, -0.2) is 5.01 Å². The summed E-state index contributed by atoms with van der Waals surface area (Å²) in [5, 5.41) is 4.04. The van der Waals surface area contributed by atoms with Gasteiger partial charge in [-0.15, -0.1) is 0 Å². The van der Waals surface area contributed by atoms with Crippen molar-refractivity contribution < 1.29 is 9.59 Å². The largest absolute Gasteiger partial charge is 0.383 e. The van der Waals surface area contributed by atoms with Gasteiger partial charge in [-0.3, -0.25) is 15.0 Å². The highest BCUT2D eigenvalue weighted by Gasteiger charge is 2.37. The number of nitrogens with zero attached hydrogens (tertiary/aromatic N) is 1. The summed E-state index contributed by atoms with van der Waals surface area (Å²) < 4.78 is 0.367. The van der Waals surface area contributed by atoms with Crippen LogP contribution in [0.1, 0.15) is 5.56 Å². The highest BCUT2D eigenvalue weighted by molar-refractivity contribution is 8.24. The van der Waals surface area contributed by atoms with E-state index in [-0.39, 0.29) is 23.5 Å². The molecule has 5 nitrogen and oxygen atoms in total. The van der Waals surface area contributed by atoms with Crippen LogP contribution in [-0.2, 0) is 16.0 Å². The van der Waals surface area contributed by atoms with Gasteiger partial charge in [0.1, 0.15) is 5.25 Å². The quantitative estimate of drug-likeness (QED) is 0.765. The zero-order chi connectivity index (χ0) is 17.6. The number of anilines is 1. The van der Waals surface area contributed by atoms with Gasteiger partial charge in [-0.2, -0.15) is 0 Å². The van der Waals surface area contributed by atoms with Crippen LogP contribution in [0.25, 0.3) is 0 Å². The molecule has 1 aliphatic heterocycles. The summed E-state index contributed by atoms with van der Waals surface area (Å²) in [5.74, 6) is -0.473. The molecule has 2 aromatic carbocycles. The number of amides is 2. The average Bonchev–Trinajstić information content (AvgIpc) is 2.89. The van der Waals surface area contributed by atoms with Crippen molar-refractivity contribution in [3.8, 4) is 0 Å². The summed E-state index contributed by atoms with van der Waals surface area (Å²) in [6.07, 6.45) is 0.199. The van der Waals surface area contributed by atoms with Gasteiger partial charge >= 0.3 is 0 Å². The molecule has 0 aliphatic carbocycles. The Balaban J connectivity index is 1.55. The molecule has 0 bridgehead atoms. The Morgan fingerprint density at radius 1 is 1.08 bits per heavy atom. The summed E-state index contributed by atoms with van der Waals surface area (Å²) in [5.41, 5.74) is 4.43. The van der Waals surface area contributed by atoms with Crippen molar-refractivity contribution in [1.29, 1.82) is 0 Å². The topological polar surface area (TPSA) is 61.4 Å². The minimum Gasteiger partial charge on any atom is -0.383 e. The maximum Gasteiger partial charge on any atom is 0.262 e. The number of hydrogen-bond donors (Lipinski definition) is 2. The molecule has 1 heterocycles. The maximum atomic E-state index is 12.5. The van der Waals surface area contributed by atoms with E-state index in [0.29, 0.717) is 10.9 Å². The molecule has 0 saturated carbocycles. The van der Waals surface area contributed by atoms with Gasteiger partial charge in [0.25, 0.3) is 5.91 Å². The van der Waals surface area contributed by atoms with Crippen molar-refractivity contribution >= 4 is 45.8 Å². The van der Waals surface area contributed by atoms with Gasteiger partial charge in [0.2, 0.25) is 5.91 Å². The van der Waals surface area contributed by atoms with Crippen LogP contribution in [-0.4, -0.2) is 32.9 Å². The number of thiocarbonyl (C=S) groups is 1. The molecule has 25 heavy (non-hydrogen) atoms. The summed E-state index contributed by atoms with van der Waals surface area (Å²) in [4.78, 5) is 24.6. The van der Waals surface area contributed by atoms with Crippen LogP contribution in [0.2, 0.25) is 0 Å². The van der Waals surface area contributed by atoms with Crippen LogP contribution in [0.3, 0.4) is 0 Å². The highest BCUT2D eigenvalue weighted by Crippen LogP contribution is 2.26. The Morgan fingerprint density at radius 3 is 2.40 bits per heavy atom. The third-order valence-corrected chi connectivity index (χ3v) is 5.14. The predicted molar refractivity (Wildman–Crippen MR) is 104 cm³/mol.